The quantitative estimate of drug-likeness (QED) is 0.244. The van der Waals surface area contributed by atoms with Crippen LogP contribution in [-0.2, 0) is 14.2 Å². The summed E-state index contributed by atoms with van der Waals surface area (Å²) in [7, 11) is 0. The molecule has 21 heavy (non-hydrogen) atoms. The third-order valence-corrected chi connectivity index (χ3v) is 2.90. The second kappa shape index (κ2) is 14.8. The summed E-state index contributed by atoms with van der Waals surface area (Å²) in [5.74, 6) is 0.844. The molecule has 1 atom stereocenters. The van der Waals surface area contributed by atoms with Crippen LogP contribution in [0.3, 0.4) is 0 Å². The van der Waals surface area contributed by atoms with Crippen molar-refractivity contribution in [2.75, 3.05) is 52.7 Å². The molecular formula is C14H30IN3O3. The Bertz CT molecular complexity index is 262. The van der Waals surface area contributed by atoms with Gasteiger partial charge in [0.2, 0.25) is 0 Å². The lowest BCUT2D eigenvalue weighted by Gasteiger charge is -2.12. The molecule has 0 bridgehead atoms. The van der Waals surface area contributed by atoms with E-state index in [2.05, 4.69) is 22.5 Å². The van der Waals surface area contributed by atoms with Crippen molar-refractivity contribution in [2.24, 2.45) is 4.99 Å². The summed E-state index contributed by atoms with van der Waals surface area (Å²) in [5, 5.41) is 6.45. The third kappa shape index (κ3) is 11.1. The molecule has 0 aromatic carbocycles. The van der Waals surface area contributed by atoms with Crippen molar-refractivity contribution in [3.05, 3.63) is 0 Å². The van der Waals surface area contributed by atoms with Crippen LogP contribution in [0.4, 0.5) is 0 Å². The molecule has 0 amide bonds. The van der Waals surface area contributed by atoms with Gasteiger partial charge in [-0.05, 0) is 26.7 Å². The minimum absolute atomic E-state index is 0. The van der Waals surface area contributed by atoms with E-state index in [1.165, 1.54) is 0 Å². The standard InChI is InChI=1S/C14H29N3O3.HI/c1-3-15-14(17-8-11-18-4-2)16-7-5-9-20-13-6-10-19-12-13;/h13H,3-12H2,1-2H3,(H2,15,16,17);1H. The zero-order valence-corrected chi connectivity index (χ0v) is 15.6. The number of aliphatic imine (C=N–C) groups is 1. The second-order valence-corrected chi connectivity index (χ2v) is 4.59. The number of ether oxygens (including phenoxy) is 3. The minimum atomic E-state index is 0. The van der Waals surface area contributed by atoms with Crippen molar-refractivity contribution >= 4 is 29.9 Å². The second-order valence-electron chi connectivity index (χ2n) is 4.59. The molecule has 6 nitrogen and oxygen atoms in total. The Morgan fingerprint density at radius 3 is 2.81 bits per heavy atom. The van der Waals surface area contributed by atoms with E-state index >= 15 is 0 Å². The highest BCUT2D eigenvalue weighted by Gasteiger charge is 2.15. The number of nitrogens with zero attached hydrogens (tertiary/aromatic N) is 1. The van der Waals surface area contributed by atoms with Crippen molar-refractivity contribution < 1.29 is 14.2 Å². The summed E-state index contributed by atoms with van der Waals surface area (Å²) in [4.78, 5) is 4.50. The molecule has 1 saturated heterocycles. The molecular weight excluding hydrogens is 385 g/mol. The zero-order chi connectivity index (χ0) is 14.5. The molecule has 0 aromatic rings. The van der Waals surface area contributed by atoms with Crippen molar-refractivity contribution in [1.82, 2.24) is 10.6 Å². The van der Waals surface area contributed by atoms with Gasteiger partial charge in [0.1, 0.15) is 0 Å². The highest BCUT2D eigenvalue weighted by Crippen LogP contribution is 2.07. The smallest absolute Gasteiger partial charge is 0.191 e. The molecule has 7 heteroatoms. The molecule has 0 radical (unpaired) electrons. The van der Waals surface area contributed by atoms with E-state index in [0.717, 1.165) is 64.9 Å². The topological polar surface area (TPSA) is 64.1 Å². The fourth-order valence-electron chi connectivity index (χ4n) is 1.88. The van der Waals surface area contributed by atoms with E-state index in [4.69, 9.17) is 14.2 Å². The van der Waals surface area contributed by atoms with Gasteiger partial charge >= 0.3 is 0 Å². The van der Waals surface area contributed by atoms with Crippen LogP contribution in [0.25, 0.3) is 0 Å². The predicted octanol–water partition coefficient (Wildman–Crippen LogP) is 1.39. The van der Waals surface area contributed by atoms with Crippen LogP contribution in [0.5, 0.6) is 0 Å². The first kappa shape index (κ1) is 20.9. The van der Waals surface area contributed by atoms with Crippen LogP contribution in [-0.4, -0.2) is 64.7 Å². The summed E-state index contributed by atoms with van der Waals surface area (Å²) in [6, 6.07) is 0. The average Bonchev–Trinajstić information content (AvgIpc) is 2.96. The molecule has 1 aliphatic heterocycles. The van der Waals surface area contributed by atoms with Gasteiger partial charge in [-0.1, -0.05) is 0 Å². The molecule has 1 fully saturated rings. The fraction of sp³-hybridized carbons (Fsp3) is 0.929. The Morgan fingerprint density at radius 1 is 1.29 bits per heavy atom. The van der Waals surface area contributed by atoms with E-state index in [-0.39, 0.29) is 30.1 Å². The Hall–Kier alpha value is -0.120. The lowest BCUT2D eigenvalue weighted by Crippen LogP contribution is -2.39. The summed E-state index contributed by atoms with van der Waals surface area (Å²) >= 11 is 0. The van der Waals surface area contributed by atoms with Gasteiger partial charge in [-0.15, -0.1) is 24.0 Å². The number of rotatable bonds is 10. The maximum Gasteiger partial charge on any atom is 0.191 e. The molecule has 1 unspecified atom stereocenters. The Morgan fingerprint density at radius 2 is 2.14 bits per heavy atom. The number of hydrogen-bond donors (Lipinski definition) is 2. The first-order chi connectivity index (χ1) is 9.86. The maximum atomic E-state index is 5.70. The lowest BCUT2D eigenvalue weighted by atomic mass is 10.3. The molecule has 2 N–H and O–H groups in total. The van der Waals surface area contributed by atoms with Gasteiger partial charge in [-0.2, -0.15) is 0 Å². The molecule has 0 saturated carbocycles. The van der Waals surface area contributed by atoms with Crippen molar-refractivity contribution in [3.8, 4) is 0 Å². The average molecular weight is 415 g/mol. The molecule has 0 aromatic heterocycles. The summed E-state index contributed by atoms with van der Waals surface area (Å²) in [5.41, 5.74) is 0. The first-order valence-electron chi connectivity index (χ1n) is 7.66. The fourth-order valence-corrected chi connectivity index (χ4v) is 1.88. The summed E-state index contributed by atoms with van der Waals surface area (Å²) in [6.07, 6.45) is 2.24. The third-order valence-electron chi connectivity index (χ3n) is 2.90. The van der Waals surface area contributed by atoms with E-state index in [0.29, 0.717) is 6.61 Å². The number of nitrogens with one attached hydrogen (secondary N) is 2. The van der Waals surface area contributed by atoms with E-state index in [1.54, 1.807) is 0 Å². The highest BCUT2D eigenvalue weighted by molar-refractivity contribution is 14.0. The Labute approximate surface area is 145 Å². The van der Waals surface area contributed by atoms with Crippen LogP contribution in [0.2, 0.25) is 0 Å². The monoisotopic (exact) mass is 415 g/mol. The predicted molar refractivity (Wildman–Crippen MR) is 95.7 cm³/mol. The normalized spacial score (nSPS) is 18.4. The van der Waals surface area contributed by atoms with Crippen LogP contribution >= 0.6 is 24.0 Å². The SMILES string of the molecule is CCNC(=NCCCOC1CCOC1)NCCOCC.I. The summed E-state index contributed by atoms with van der Waals surface area (Å²) in [6.45, 7) is 10.2. The molecule has 1 rings (SSSR count). The van der Waals surface area contributed by atoms with Gasteiger partial charge in [0.25, 0.3) is 0 Å². The molecule has 0 aliphatic carbocycles. The highest BCUT2D eigenvalue weighted by atomic mass is 127. The van der Waals surface area contributed by atoms with Crippen LogP contribution in [0.15, 0.2) is 4.99 Å². The van der Waals surface area contributed by atoms with Crippen molar-refractivity contribution in [1.29, 1.82) is 0 Å². The lowest BCUT2D eigenvalue weighted by molar-refractivity contribution is 0.0424. The van der Waals surface area contributed by atoms with E-state index in [1.807, 2.05) is 6.92 Å². The molecule has 126 valence electrons. The molecule has 1 heterocycles. The number of guanidine groups is 1. The zero-order valence-electron chi connectivity index (χ0n) is 13.2. The Kier molecular flexibility index (Phi) is 14.7. The van der Waals surface area contributed by atoms with Gasteiger partial charge in [0.05, 0.1) is 19.3 Å². The van der Waals surface area contributed by atoms with Gasteiger partial charge in [-0.25, -0.2) is 0 Å². The number of halogens is 1. The molecule has 1 aliphatic rings. The first-order valence-corrected chi connectivity index (χ1v) is 7.66. The van der Waals surface area contributed by atoms with Crippen molar-refractivity contribution in [2.45, 2.75) is 32.8 Å². The van der Waals surface area contributed by atoms with Crippen LogP contribution in [0.1, 0.15) is 26.7 Å². The van der Waals surface area contributed by atoms with Gasteiger partial charge in [0, 0.05) is 39.5 Å². The largest absolute Gasteiger partial charge is 0.380 e. The van der Waals surface area contributed by atoms with Crippen LogP contribution < -0.4 is 10.6 Å². The summed E-state index contributed by atoms with van der Waals surface area (Å²) < 4.78 is 16.3. The van der Waals surface area contributed by atoms with Gasteiger partial charge < -0.3 is 24.8 Å². The van der Waals surface area contributed by atoms with E-state index in [9.17, 15) is 0 Å². The van der Waals surface area contributed by atoms with Crippen molar-refractivity contribution in [3.63, 3.8) is 0 Å². The van der Waals surface area contributed by atoms with E-state index < -0.39 is 0 Å². The Balaban J connectivity index is 0.00000400. The minimum Gasteiger partial charge on any atom is -0.380 e. The number of hydrogen-bond acceptors (Lipinski definition) is 4. The van der Waals surface area contributed by atoms with Crippen LogP contribution in [0, 0.1) is 0 Å². The van der Waals surface area contributed by atoms with Gasteiger partial charge in [-0.3, -0.25) is 4.99 Å². The maximum absolute atomic E-state index is 5.70. The molecule has 0 spiro atoms. The van der Waals surface area contributed by atoms with Gasteiger partial charge in [0.15, 0.2) is 5.96 Å².